The molecule has 0 radical (unpaired) electrons. The van der Waals surface area contributed by atoms with Crippen LogP contribution in [0.5, 0.6) is 11.5 Å². The zero-order chi connectivity index (χ0) is 14.7. The van der Waals surface area contributed by atoms with Crippen LogP contribution in [0.4, 0.5) is 5.69 Å². The van der Waals surface area contributed by atoms with Crippen LogP contribution in [-0.2, 0) is 6.42 Å². The maximum atomic E-state index is 9.12. The summed E-state index contributed by atoms with van der Waals surface area (Å²) in [6.45, 7) is 2.03. The fraction of sp³-hybridized carbons (Fsp3) is 0.267. The van der Waals surface area contributed by atoms with E-state index in [4.69, 9.17) is 20.5 Å². The lowest BCUT2D eigenvalue weighted by molar-refractivity contribution is 0.355. The molecule has 4 nitrogen and oxygen atoms in total. The Morgan fingerprint density at radius 3 is 2.50 bits per heavy atom. The molecular weight excluding hydrogens is 272 g/mol. The molecule has 0 amide bonds. The number of anilines is 1. The SMILES string of the molecule is CCc1c(-c2ccc(OC)c(OC)c2)sc(C#N)c1N. The summed E-state index contributed by atoms with van der Waals surface area (Å²) in [4.78, 5) is 1.58. The number of methoxy groups -OCH3 is 2. The Hall–Kier alpha value is -2.19. The number of benzene rings is 1. The van der Waals surface area contributed by atoms with Gasteiger partial charge in [-0.3, -0.25) is 0 Å². The Morgan fingerprint density at radius 2 is 1.95 bits per heavy atom. The fourth-order valence-corrected chi connectivity index (χ4v) is 3.23. The minimum Gasteiger partial charge on any atom is -0.493 e. The standard InChI is InChI=1S/C15H16N2O2S/c1-4-10-14(17)13(8-16)20-15(10)9-5-6-11(18-2)12(7-9)19-3/h5-7H,4,17H2,1-3H3. The van der Waals surface area contributed by atoms with Crippen LogP contribution in [0.1, 0.15) is 17.4 Å². The third kappa shape index (κ3) is 2.30. The monoisotopic (exact) mass is 288 g/mol. The van der Waals surface area contributed by atoms with Crippen molar-refractivity contribution in [1.29, 1.82) is 5.26 Å². The van der Waals surface area contributed by atoms with Crippen LogP contribution in [0, 0.1) is 11.3 Å². The van der Waals surface area contributed by atoms with E-state index in [1.165, 1.54) is 11.3 Å². The van der Waals surface area contributed by atoms with Crippen LogP contribution in [0.3, 0.4) is 0 Å². The zero-order valence-corrected chi connectivity index (χ0v) is 12.5. The third-order valence-electron chi connectivity index (χ3n) is 3.15. The van der Waals surface area contributed by atoms with E-state index >= 15 is 0 Å². The first-order valence-corrected chi connectivity index (χ1v) is 7.01. The van der Waals surface area contributed by atoms with Crippen molar-refractivity contribution in [3.8, 4) is 28.0 Å². The zero-order valence-electron chi connectivity index (χ0n) is 11.7. The van der Waals surface area contributed by atoms with E-state index in [2.05, 4.69) is 6.07 Å². The van der Waals surface area contributed by atoms with Crippen molar-refractivity contribution < 1.29 is 9.47 Å². The van der Waals surface area contributed by atoms with Gasteiger partial charge in [0, 0.05) is 4.88 Å². The van der Waals surface area contributed by atoms with E-state index in [-0.39, 0.29) is 0 Å². The summed E-state index contributed by atoms with van der Waals surface area (Å²) in [6.07, 6.45) is 0.785. The molecule has 0 fully saturated rings. The van der Waals surface area contributed by atoms with Crippen LogP contribution in [0.15, 0.2) is 18.2 Å². The number of thiophene rings is 1. The summed E-state index contributed by atoms with van der Waals surface area (Å²) < 4.78 is 10.6. The van der Waals surface area contributed by atoms with Gasteiger partial charge in [-0.2, -0.15) is 5.26 Å². The summed E-state index contributed by atoms with van der Waals surface area (Å²) in [6, 6.07) is 7.86. The Labute approximate surface area is 122 Å². The van der Waals surface area contributed by atoms with E-state index < -0.39 is 0 Å². The molecular formula is C15H16N2O2S. The van der Waals surface area contributed by atoms with Crippen LogP contribution < -0.4 is 15.2 Å². The molecule has 0 saturated carbocycles. The van der Waals surface area contributed by atoms with Gasteiger partial charge < -0.3 is 15.2 Å². The lowest BCUT2D eigenvalue weighted by Crippen LogP contribution is -1.93. The Balaban J connectivity index is 2.60. The van der Waals surface area contributed by atoms with Crippen LogP contribution in [0.25, 0.3) is 10.4 Å². The van der Waals surface area contributed by atoms with E-state index in [0.717, 1.165) is 22.4 Å². The molecule has 0 aliphatic carbocycles. The Morgan fingerprint density at radius 1 is 1.25 bits per heavy atom. The summed E-state index contributed by atoms with van der Waals surface area (Å²) in [5.41, 5.74) is 8.61. The number of rotatable bonds is 4. The lowest BCUT2D eigenvalue weighted by Gasteiger charge is -2.09. The number of nitrogen functional groups attached to an aromatic ring is 1. The van der Waals surface area contributed by atoms with Gasteiger partial charge >= 0.3 is 0 Å². The van der Waals surface area contributed by atoms with Gasteiger partial charge in [0.1, 0.15) is 10.9 Å². The minimum atomic E-state index is 0.562. The van der Waals surface area contributed by atoms with E-state index in [1.54, 1.807) is 14.2 Å². The molecule has 2 aromatic rings. The van der Waals surface area contributed by atoms with Gasteiger partial charge in [0.2, 0.25) is 0 Å². The number of hydrogen-bond donors (Lipinski definition) is 1. The van der Waals surface area contributed by atoms with Gasteiger partial charge in [-0.15, -0.1) is 11.3 Å². The van der Waals surface area contributed by atoms with Crippen molar-refractivity contribution in [3.63, 3.8) is 0 Å². The highest BCUT2D eigenvalue weighted by Crippen LogP contribution is 2.41. The lowest BCUT2D eigenvalue weighted by atomic mass is 10.1. The van der Waals surface area contributed by atoms with Gasteiger partial charge in [0.05, 0.1) is 19.9 Å². The van der Waals surface area contributed by atoms with E-state index in [9.17, 15) is 0 Å². The number of nitrogens with zero attached hydrogens (tertiary/aromatic N) is 1. The number of hydrogen-bond acceptors (Lipinski definition) is 5. The maximum absolute atomic E-state index is 9.12. The average molecular weight is 288 g/mol. The van der Waals surface area contributed by atoms with Crippen molar-refractivity contribution in [2.45, 2.75) is 13.3 Å². The second kappa shape index (κ2) is 5.85. The molecule has 20 heavy (non-hydrogen) atoms. The number of nitrogens with two attached hydrogens (primary N) is 1. The van der Waals surface area contributed by atoms with Crippen molar-refractivity contribution in [2.24, 2.45) is 0 Å². The van der Waals surface area contributed by atoms with Crippen molar-refractivity contribution in [3.05, 3.63) is 28.6 Å². The van der Waals surface area contributed by atoms with Gasteiger partial charge in [0.15, 0.2) is 11.5 Å². The molecule has 2 rings (SSSR count). The topological polar surface area (TPSA) is 68.3 Å². The van der Waals surface area contributed by atoms with Crippen molar-refractivity contribution >= 4 is 17.0 Å². The molecule has 1 aromatic carbocycles. The molecule has 2 N–H and O–H groups in total. The fourth-order valence-electron chi connectivity index (χ4n) is 2.12. The first-order chi connectivity index (χ1) is 9.65. The quantitative estimate of drug-likeness (QED) is 0.935. The van der Waals surface area contributed by atoms with Crippen LogP contribution in [0.2, 0.25) is 0 Å². The molecule has 0 atom stereocenters. The highest BCUT2D eigenvalue weighted by atomic mass is 32.1. The molecule has 0 spiro atoms. The van der Waals surface area contributed by atoms with E-state index in [1.807, 2.05) is 25.1 Å². The molecule has 0 bridgehead atoms. The average Bonchev–Trinajstić information content (AvgIpc) is 2.82. The summed E-state index contributed by atoms with van der Waals surface area (Å²) in [5.74, 6) is 1.34. The number of nitriles is 1. The Bertz CT molecular complexity index is 671. The van der Waals surface area contributed by atoms with Crippen LogP contribution in [-0.4, -0.2) is 14.2 Å². The predicted molar refractivity (Wildman–Crippen MR) is 81.4 cm³/mol. The normalized spacial score (nSPS) is 10.1. The van der Waals surface area contributed by atoms with E-state index in [0.29, 0.717) is 22.1 Å². The molecule has 0 saturated heterocycles. The highest BCUT2D eigenvalue weighted by molar-refractivity contribution is 7.16. The minimum absolute atomic E-state index is 0.562. The largest absolute Gasteiger partial charge is 0.493 e. The maximum Gasteiger partial charge on any atom is 0.161 e. The van der Waals surface area contributed by atoms with Crippen molar-refractivity contribution in [1.82, 2.24) is 0 Å². The molecule has 0 aliphatic rings. The van der Waals surface area contributed by atoms with Gasteiger partial charge in [-0.05, 0) is 35.7 Å². The summed E-state index contributed by atoms with van der Waals surface area (Å²) in [5, 5.41) is 9.12. The third-order valence-corrected chi connectivity index (χ3v) is 4.35. The van der Waals surface area contributed by atoms with Crippen LogP contribution >= 0.6 is 11.3 Å². The first-order valence-electron chi connectivity index (χ1n) is 6.19. The second-order valence-electron chi connectivity index (χ2n) is 4.19. The molecule has 1 heterocycles. The molecule has 1 aromatic heterocycles. The Kier molecular flexibility index (Phi) is 4.16. The molecule has 104 valence electrons. The molecule has 0 unspecified atom stereocenters. The molecule has 0 aliphatic heterocycles. The smallest absolute Gasteiger partial charge is 0.161 e. The van der Waals surface area contributed by atoms with Gasteiger partial charge in [-0.1, -0.05) is 6.92 Å². The summed E-state index contributed by atoms with van der Waals surface area (Å²) in [7, 11) is 3.21. The predicted octanol–water partition coefficient (Wildman–Crippen LogP) is 3.45. The van der Waals surface area contributed by atoms with Crippen molar-refractivity contribution in [2.75, 3.05) is 20.0 Å². The van der Waals surface area contributed by atoms with Gasteiger partial charge in [0.25, 0.3) is 0 Å². The second-order valence-corrected chi connectivity index (χ2v) is 5.21. The highest BCUT2D eigenvalue weighted by Gasteiger charge is 2.17. The molecule has 5 heteroatoms. The summed E-state index contributed by atoms with van der Waals surface area (Å²) >= 11 is 1.41. The number of ether oxygens (including phenoxy) is 2. The van der Waals surface area contributed by atoms with Gasteiger partial charge in [-0.25, -0.2) is 0 Å². The first kappa shape index (κ1) is 14.2.